The van der Waals surface area contributed by atoms with Gasteiger partial charge in [-0.05, 0) is 67.9 Å². The van der Waals surface area contributed by atoms with Crippen molar-refractivity contribution in [1.29, 1.82) is 0 Å². The van der Waals surface area contributed by atoms with E-state index in [1.807, 2.05) is 6.07 Å². The number of benzene rings is 1. The van der Waals surface area contributed by atoms with E-state index < -0.39 is 6.36 Å². The maximum Gasteiger partial charge on any atom is 0.573 e. The van der Waals surface area contributed by atoms with E-state index in [2.05, 4.69) is 4.74 Å². The van der Waals surface area contributed by atoms with Gasteiger partial charge in [-0.3, -0.25) is 0 Å². The van der Waals surface area contributed by atoms with E-state index in [-0.39, 0.29) is 11.9 Å². The van der Waals surface area contributed by atoms with E-state index in [1.54, 1.807) is 6.07 Å². The van der Waals surface area contributed by atoms with Crippen molar-refractivity contribution in [3.63, 3.8) is 0 Å². The van der Waals surface area contributed by atoms with E-state index in [9.17, 15) is 13.2 Å². The molecule has 5 heteroatoms. The summed E-state index contributed by atoms with van der Waals surface area (Å²) in [6.07, 6.45) is 8.71. The van der Waals surface area contributed by atoms with Crippen molar-refractivity contribution in [2.24, 2.45) is 17.8 Å². The lowest BCUT2D eigenvalue weighted by Crippen LogP contribution is -2.35. The predicted octanol–water partition coefficient (Wildman–Crippen LogP) is 6.67. The fourth-order valence-corrected chi connectivity index (χ4v) is 5.53. The lowest BCUT2D eigenvalue weighted by molar-refractivity contribution is -0.275. The monoisotopic (exact) mass is 382 g/mol. The molecule has 3 aliphatic rings. The number of fused-ring (bicyclic) bond motifs is 1. The molecular formula is C22H29F3O2. The molecule has 150 valence electrons. The Balaban J connectivity index is 1.38. The van der Waals surface area contributed by atoms with Crippen molar-refractivity contribution in [3.05, 3.63) is 23.8 Å². The molecule has 0 saturated heterocycles. The molecule has 1 atom stereocenters. The average Bonchev–Trinajstić information content (AvgIpc) is 2.68. The van der Waals surface area contributed by atoms with E-state index >= 15 is 0 Å². The molecule has 0 spiro atoms. The third kappa shape index (κ3) is 4.55. The quantitative estimate of drug-likeness (QED) is 0.581. The topological polar surface area (TPSA) is 18.5 Å². The smallest absolute Gasteiger partial charge is 0.486 e. The van der Waals surface area contributed by atoms with Crippen LogP contribution in [0.25, 0.3) is 0 Å². The van der Waals surface area contributed by atoms with Crippen molar-refractivity contribution in [2.75, 3.05) is 0 Å². The summed E-state index contributed by atoms with van der Waals surface area (Å²) in [4.78, 5) is 0. The van der Waals surface area contributed by atoms with Gasteiger partial charge in [0, 0.05) is 0 Å². The van der Waals surface area contributed by atoms with Crippen LogP contribution in [0.3, 0.4) is 0 Å². The first-order valence-corrected chi connectivity index (χ1v) is 10.5. The molecule has 0 N–H and O–H groups in total. The lowest BCUT2D eigenvalue weighted by atomic mass is 9.69. The Morgan fingerprint density at radius 2 is 1.48 bits per heavy atom. The molecule has 4 rings (SSSR count). The molecule has 2 saturated carbocycles. The number of alkyl halides is 3. The normalized spacial score (nSPS) is 29.7. The second-order valence-electron chi connectivity index (χ2n) is 8.56. The average molecular weight is 382 g/mol. The molecule has 1 aliphatic heterocycles. The highest BCUT2D eigenvalue weighted by Gasteiger charge is 2.37. The van der Waals surface area contributed by atoms with Crippen LogP contribution in [0.5, 0.6) is 11.5 Å². The minimum atomic E-state index is -4.69. The Morgan fingerprint density at radius 1 is 0.815 bits per heavy atom. The highest BCUT2D eigenvalue weighted by molar-refractivity contribution is 5.48. The van der Waals surface area contributed by atoms with E-state index in [1.165, 1.54) is 51.0 Å². The first-order chi connectivity index (χ1) is 13.0. The maximum atomic E-state index is 12.7. The summed E-state index contributed by atoms with van der Waals surface area (Å²) in [5, 5.41) is 0. The van der Waals surface area contributed by atoms with E-state index in [0.717, 1.165) is 43.1 Å². The summed E-state index contributed by atoms with van der Waals surface area (Å²) >= 11 is 0. The number of ether oxygens (including phenoxy) is 2. The van der Waals surface area contributed by atoms with Gasteiger partial charge in [-0.2, -0.15) is 0 Å². The Morgan fingerprint density at radius 3 is 2.19 bits per heavy atom. The van der Waals surface area contributed by atoms with Crippen LogP contribution in [0.4, 0.5) is 13.2 Å². The third-order valence-electron chi connectivity index (χ3n) is 6.91. The van der Waals surface area contributed by atoms with Crippen LogP contribution in [0.1, 0.15) is 69.8 Å². The summed E-state index contributed by atoms with van der Waals surface area (Å²) in [6.45, 7) is 0. The van der Waals surface area contributed by atoms with Gasteiger partial charge in [0.1, 0.15) is 6.10 Å². The summed E-state index contributed by atoms with van der Waals surface area (Å²) in [6, 6.07) is 4.81. The zero-order valence-electron chi connectivity index (χ0n) is 15.8. The van der Waals surface area contributed by atoms with Crippen LogP contribution in [0.15, 0.2) is 18.2 Å². The number of hydrogen-bond donors (Lipinski definition) is 0. The Kier molecular flexibility index (Phi) is 5.56. The molecule has 0 amide bonds. The highest BCUT2D eigenvalue weighted by atomic mass is 19.4. The molecule has 1 heterocycles. The molecule has 2 aliphatic carbocycles. The summed E-state index contributed by atoms with van der Waals surface area (Å²) in [5.74, 6) is 2.32. The highest BCUT2D eigenvalue weighted by Crippen LogP contribution is 2.45. The molecule has 0 radical (unpaired) electrons. The molecule has 2 fully saturated rings. The second-order valence-corrected chi connectivity index (χ2v) is 8.56. The maximum absolute atomic E-state index is 12.7. The van der Waals surface area contributed by atoms with Gasteiger partial charge in [0.05, 0.1) is 0 Å². The Bertz CT molecular complexity index is 629. The van der Waals surface area contributed by atoms with Gasteiger partial charge < -0.3 is 9.47 Å². The molecule has 27 heavy (non-hydrogen) atoms. The summed E-state index contributed by atoms with van der Waals surface area (Å²) < 4.78 is 48.4. The molecule has 0 bridgehead atoms. The van der Waals surface area contributed by atoms with Gasteiger partial charge in [0.2, 0.25) is 0 Å². The van der Waals surface area contributed by atoms with E-state index in [0.29, 0.717) is 11.7 Å². The van der Waals surface area contributed by atoms with Crippen molar-refractivity contribution in [1.82, 2.24) is 0 Å². The SMILES string of the molecule is FC(F)(F)Oc1cccc2c1OC(C1CCC(C3CCCCC3)CC1)CC2. The predicted molar refractivity (Wildman–Crippen MR) is 97.9 cm³/mol. The van der Waals surface area contributed by atoms with Crippen LogP contribution in [-0.2, 0) is 6.42 Å². The summed E-state index contributed by atoms with van der Waals surface area (Å²) in [7, 11) is 0. The second kappa shape index (κ2) is 7.92. The number of hydrogen-bond acceptors (Lipinski definition) is 2. The fourth-order valence-electron chi connectivity index (χ4n) is 5.53. The third-order valence-corrected chi connectivity index (χ3v) is 6.91. The van der Waals surface area contributed by atoms with Crippen LogP contribution in [0, 0.1) is 17.8 Å². The van der Waals surface area contributed by atoms with Crippen LogP contribution in [0.2, 0.25) is 0 Å². The minimum Gasteiger partial charge on any atom is -0.486 e. The first-order valence-electron chi connectivity index (χ1n) is 10.5. The van der Waals surface area contributed by atoms with Crippen LogP contribution in [-0.4, -0.2) is 12.5 Å². The molecule has 2 nitrogen and oxygen atoms in total. The largest absolute Gasteiger partial charge is 0.573 e. The number of aryl methyl sites for hydroxylation is 1. The lowest BCUT2D eigenvalue weighted by Gasteiger charge is -2.40. The van der Waals surface area contributed by atoms with Crippen molar-refractivity contribution < 1.29 is 22.6 Å². The zero-order chi connectivity index (χ0) is 18.9. The standard InChI is InChI=1S/C22H29F3O2/c23-22(24,25)27-20-8-4-7-18-13-14-19(26-21(18)20)17-11-9-16(10-12-17)15-5-2-1-3-6-15/h4,7-8,15-17,19H,1-3,5-6,9-14H2. The van der Waals surface area contributed by atoms with E-state index in [4.69, 9.17) is 4.74 Å². The first kappa shape index (κ1) is 18.9. The minimum absolute atomic E-state index is 0.0165. The molecule has 1 aromatic rings. The molecular weight excluding hydrogens is 353 g/mol. The zero-order valence-corrected chi connectivity index (χ0v) is 15.8. The van der Waals surface area contributed by atoms with Crippen LogP contribution < -0.4 is 9.47 Å². The van der Waals surface area contributed by atoms with Gasteiger partial charge >= 0.3 is 6.36 Å². The van der Waals surface area contributed by atoms with Gasteiger partial charge in [0.15, 0.2) is 11.5 Å². The van der Waals surface area contributed by atoms with Gasteiger partial charge in [-0.25, -0.2) is 0 Å². The van der Waals surface area contributed by atoms with Crippen molar-refractivity contribution in [2.45, 2.75) is 83.1 Å². The summed E-state index contributed by atoms with van der Waals surface area (Å²) in [5.41, 5.74) is 0.823. The Labute approximate surface area is 159 Å². The van der Waals surface area contributed by atoms with Gasteiger partial charge in [-0.1, -0.05) is 44.2 Å². The number of rotatable bonds is 3. The van der Waals surface area contributed by atoms with Crippen molar-refractivity contribution >= 4 is 0 Å². The van der Waals surface area contributed by atoms with Crippen LogP contribution >= 0.6 is 0 Å². The fraction of sp³-hybridized carbons (Fsp3) is 0.727. The Hall–Kier alpha value is -1.39. The number of halogens is 3. The molecule has 0 aromatic heterocycles. The molecule has 1 aromatic carbocycles. The van der Waals surface area contributed by atoms with Gasteiger partial charge in [-0.15, -0.1) is 13.2 Å². The van der Waals surface area contributed by atoms with Gasteiger partial charge in [0.25, 0.3) is 0 Å². The molecule has 1 unspecified atom stereocenters. The van der Waals surface area contributed by atoms with Crippen molar-refractivity contribution in [3.8, 4) is 11.5 Å². The number of para-hydroxylation sites is 1.